The number of rotatable bonds is 12. The first-order valence-corrected chi connectivity index (χ1v) is 14.1. The lowest BCUT2D eigenvalue weighted by Crippen LogP contribution is -2.58. The van der Waals surface area contributed by atoms with Gasteiger partial charge in [-0.25, -0.2) is 0 Å². The van der Waals surface area contributed by atoms with E-state index < -0.39 is 35.1 Å². The minimum absolute atomic E-state index is 0.204. The van der Waals surface area contributed by atoms with E-state index in [0.29, 0.717) is 43.9 Å². The lowest BCUT2D eigenvalue weighted by Gasteiger charge is -2.37. The number of carbonyl (C=O) groups excluding carboxylic acids is 3. The molecule has 3 aliphatic heterocycles. The zero-order valence-corrected chi connectivity index (χ0v) is 23.3. The second-order valence-corrected chi connectivity index (χ2v) is 11.5. The Kier molecular flexibility index (Phi) is 8.37. The molecule has 3 aliphatic rings. The van der Waals surface area contributed by atoms with E-state index in [0.717, 1.165) is 12.8 Å². The molecule has 1 spiro atoms. The number of aliphatic hydroxyl groups excluding tert-OH is 1. The number of carbonyl (C=O) groups is 3. The molecule has 2 bridgehead atoms. The third-order valence-corrected chi connectivity index (χ3v) is 8.36. The molecule has 3 fully saturated rings. The first kappa shape index (κ1) is 28.4. The van der Waals surface area contributed by atoms with Gasteiger partial charge in [-0.05, 0) is 69.7 Å². The zero-order valence-electron chi connectivity index (χ0n) is 23.3. The smallest absolute Gasteiger partial charge is 0.245 e. The van der Waals surface area contributed by atoms with E-state index >= 15 is 0 Å². The Morgan fingerprint density at radius 2 is 1.89 bits per heavy atom. The van der Waals surface area contributed by atoms with Gasteiger partial charge in [0.1, 0.15) is 17.4 Å². The number of benzene rings is 1. The molecule has 3 heterocycles. The fourth-order valence-corrected chi connectivity index (χ4v) is 6.78. The number of unbranched alkanes of at least 4 members (excludes halogenated alkanes) is 1. The summed E-state index contributed by atoms with van der Waals surface area (Å²) in [5, 5.41) is 16.3. The predicted molar refractivity (Wildman–Crippen MR) is 144 cm³/mol. The van der Waals surface area contributed by atoms with Gasteiger partial charge >= 0.3 is 0 Å². The van der Waals surface area contributed by atoms with Crippen LogP contribution in [0.4, 0.5) is 5.69 Å². The number of aliphatic hydroxyl groups is 1. The molecule has 0 radical (unpaired) electrons. The monoisotopic (exact) mass is 529 g/mol. The summed E-state index contributed by atoms with van der Waals surface area (Å²) < 4.78 is 12.1. The summed E-state index contributed by atoms with van der Waals surface area (Å²) >= 11 is 0. The van der Waals surface area contributed by atoms with Crippen LogP contribution in [0.25, 0.3) is 0 Å². The highest BCUT2D eigenvalue weighted by atomic mass is 16.5. The van der Waals surface area contributed by atoms with Crippen LogP contribution in [0.3, 0.4) is 0 Å². The number of hydrogen-bond donors (Lipinski definition) is 3. The predicted octanol–water partition coefficient (Wildman–Crippen LogP) is 3.11. The number of hydrogen-bond acceptors (Lipinski definition) is 6. The molecule has 2 unspecified atom stereocenters. The number of anilines is 1. The molecule has 1 aromatic rings. The molecule has 0 saturated carbocycles. The van der Waals surface area contributed by atoms with Gasteiger partial charge in [-0.15, -0.1) is 0 Å². The molecule has 0 aromatic heterocycles. The molecule has 1 aromatic carbocycles. The number of likely N-dealkylation sites (tertiary alicyclic amines) is 1. The highest BCUT2D eigenvalue weighted by molar-refractivity contribution is 6.02. The summed E-state index contributed by atoms with van der Waals surface area (Å²) in [6, 6.07) is 5.69. The maximum Gasteiger partial charge on any atom is 0.245 e. The van der Waals surface area contributed by atoms with Crippen molar-refractivity contribution in [1.82, 2.24) is 10.2 Å². The third kappa shape index (κ3) is 4.91. The fourth-order valence-electron chi connectivity index (χ4n) is 6.78. The zero-order chi connectivity index (χ0) is 27.7. The van der Waals surface area contributed by atoms with E-state index in [1.54, 1.807) is 29.2 Å². The molecule has 38 heavy (non-hydrogen) atoms. The van der Waals surface area contributed by atoms with Crippen LogP contribution >= 0.6 is 0 Å². The molecular formula is C29H43N3O6. The minimum Gasteiger partial charge on any atom is -0.494 e. The molecule has 9 nitrogen and oxygen atoms in total. The first-order chi connectivity index (χ1) is 18.1. The lowest BCUT2D eigenvalue weighted by molar-refractivity contribution is -0.149. The normalized spacial score (nSPS) is 30.4. The summed E-state index contributed by atoms with van der Waals surface area (Å²) in [4.78, 5) is 43.2. The average Bonchev–Trinajstić information content (AvgIpc) is 3.44. The largest absolute Gasteiger partial charge is 0.494 e. The summed E-state index contributed by atoms with van der Waals surface area (Å²) in [7, 11) is 0. The van der Waals surface area contributed by atoms with Gasteiger partial charge in [-0.2, -0.15) is 0 Å². The van der Waals surface area contributed by atoms with Crippen molar-refractivity contribution in [2.24, 2.45) is 17.8 Å². The van der Waals surface area contributed by atoms with Gasteiger partial charge in [-0.1, -0.05) is 27.2 Å². The van der Waals surface area contributed by atoms with Crippen LogP contribution in [0.15, 0.2) is 24.3 Å². The van der Waals surface area contributed by atoms with Gasteiger partial charge in [0.15, 0.2) is 0 Å². The van der Waals surface area contributed by atoms with Crippen LogP contribution in [-0.4, -0.2) is 70.8 Å². The van der Waals surface area contributed by atoms with E-state index in [9.17, 15) is 19.5 Å². The Morgan fingerprint density at radius 1 is 1.18 bits per heavy atom. The van der Waals surface area contributed by atoms with Gasteiger partial charge in [0.25, 0.3) is 0 Å². The summed E-state index contributed by atoms with van der Waals surface area (Å²) in [5.41, 5.74) is -1.37. The van der Waals surface area contributed by atoms with Crippen LogP contribution in [-0.2, 0) is 19.1 Å². The molecule has 210 valence electrons. The molecular weight excluding hydrogens is 486 g/mol. The third-order valence-electron chi connectivity index (χ3n) is 8.36. The topological polar surface area (TPSA) is 117 Å². The maximum absolute atomic E-state index is 14.2. The Hall–Kier alpha value is -2.65. The SMILES string of the molecule is CCCCNC(=O)C1N([C@@H](CO)CC(C)C)C(=O)[C@@H]2[C@@H](C(=O)Nc3ccc(OCC)cc3)[C@@]3(C)CCC12O3. The van der Waals surface area contributed by atoms with Crippen LogP contribution < -0.4 is 15.4 Å². The Labute approximate surface area is 225 Å². The molecule has 6 atom stereocenters. The fraction of sp³-hybridized carbons (Fsp3) is 0.690. The standard InChI is InChI=1S/C29H43N3O6/c1-6-8-15-30-26(35)24-29-14-13-28(5,38-29)22(23(29)27(36)32(24)20(17-33)16-18(3)4)25(34)31-19-9-11-21(12-10-19)37-7-2/h9-12,18,20,22-24,33H,6-8,13-17H2,1-5H3,(H,30,35)(H,31,34)/t20-,22+,23+,24?,28-,29?/m1/s1. The highest BCUT2D eigenvalue weighted by Crippen LogP contribution is 2.63. The van der Waals surface area contributed by atoms with Gasteiger partial charge in [-0.3, -0.25) is 14.4 Å². The van der Waals surface area contributed by atoms with E-state index in [4.69, 9.17) is 9.47 Å². The summed E-state index contributed by atoms with van der Waals surface area (Å²) in [5.74, 6) is -1.50. The first-order valence-electron chi connectivity index (χ1n) is 14.1. The molecule has 3 saturated heterocycles. The Balaban J connectivity index is 1.67. The van der Waals surface area contributed by atoms with Crippen molar-refractivity contribution < 1.29 is 29.0 Å². The average molecular weight is 530 g/mol. The quantitative estimate of drug-likeness (QED) is 0.358. The van der Waals surface area contributed by atoms with E-state index in [-0.39, 0.29) is 30.2 Å². The van der Waals surface area contributed by atoms with E-state index in [1.165, 1.54) is 0 Å². The van der Waals surface area contributed by atoms with Crippen molar-refractivity contribution in [2.45, 2.75) is 90.0 Å². The molecule has 3 amide bonds. The maximum atomic E-state index is 14.2. The minimum atomic E-state index is -1.10. The Morgan fingerprint density at radius 3 is 2.50 bits per heavy atom. The molecule has 9 heteroatoms. The molecule has 3 N–H and O–H groups in total. The van der Waals surface area contributed by atoms with E-state index in [2.05, 4.69) is 10.6 Å². The summed E-state index contributed by atoms with van der Waals surface area (Å²) in [6.45, 7) is 10.7. The van der Waals surface area contributed by atoms with Crippen LogP contribution in [0.1, 0.15) is 66.7 Å². The van der Waals surface area contributed by atoms with Crippen molar-refractivity contribution in [3.8, 4) is 5.75 Å². The lowest BCUT2D eigenvalue weighted by atomic mass is 9.66. The second kappa shape index (κ2) is 11.2. The number of nitrogens with one attached hydrogen (secondary N) is 2. The second-order valence-electron chi connectivity index (χ2n) is 11.5. The van der Waals surface area contributed by atoms with Gasteiger partial charge < -0.3 is 30.1 Å². The van der Waals surface area contributed by atoms with Crippen molar-refractivity contribution in [3.05, 3.63) is 24.3 Å². The molecule has 0 aliphatic carbocycles. The van der Waals surface area contributed by atoms with Crippen molar-refractivity contribution >= 4 is 23.4 Å². The molecule has 4 rings (SSSR count). The number of ether oxygens (including phenoxy) is 2. The van der Waals surface area contributed by atoms with E-state index in [1.807, 2.05) is 34.6 Å². The van der Waals surface area contributed by atoms with Gasteiger partial charge in [0, 0.05) is 12.2 Å². The van der Waals surface area contributed by atoms with Crippen LogP contribution in [0, 0.1) is 17.8 Å². The highest BCUT2D eigenvalue weighted by Gasteiger charge is 2.78. The number of amides is 3. The van der Waals surface area contributed by atoms with Gasteiger partial charge in [0.2, 0.25) is 17.7 Å². The Bertz CT molecular complexity index is 1030. The van der Waals surface area contributed by atoms with Crippen molar-refractivity contribution in [1.29, 1.82) is 0 Å². The van der Waals surface area contributed by atoms with Crippen molar-refractivity contribution in [3.63, 3.8) is 0 Å². The summed E-state index contributed by atoms with van der Waals surface area (Å²) in [6.07, 6.45) is 3.37. The van der Waals surface area contributed by atoms with Crippen LogP contribution in [0.5, 0.6) is 5.75 Å². The van der Waals surface area contributed by atoms with Crippen LogP contribution in [0.2, 0.25) is 0 Å². The van der Waals surface area contributed by atoms with Gasteiger partial charge in [0.05, 0.1) is 36.7 Å². The number of fused-ring (bicyclic) bond motifs is 1. The van der Waals surface area contributed by atoms with Crippen molar-refractivity contribution in [2.75, 3.05) is 25.1 Å². The number of nitrogens with zero attached hydrogens (tertiary/aromatic N) is 1.